The maximum atomic E-state index is 12.9. The minimum Gasteiger partial charge on any atom is -0.352 e. The lowest BCUT2D eigenvalue weighted by molar-refractivity contribution is 0.0952. The number of halogens is 2. The summed E-state index contributed by atoms with van der Waals surface area (Å²) in [5.74, 6) is -0.105. The van der Waals surface area contributed by atoms with E-state index in [1.165, 1.54) is 0 Å². The molecular formula is C22H28Cl2N6O. The molecule has 166 valence electrons. The zero-order valence-corrected chi connectivity index (χ0v) is 18.9. The minimum absolute atomic E-state index is 0. The molecule has 1 aliphatic heterocycles. The number of hydrogen-bond acceptors (Lipinski definition) is 5. The molecular weight excluding hydrogens is 435 g/mol. The summed E-state index contributed by atoms with van der Waals surface area (Å²) < 4.78 is 1.75. The van der Waals surface area contributed by atoms with Gasteiger partial charge < -0.3 is 15.5 Å². The Bertz CT molecular complexity index is 930. The van der Waals surface area contributed by atoms with Crippen molar-refractivity contribution in [3.8, 4) is 16.9 Å². The van der Waals surface area contributed by atoms with E-state index in [0.29, 0.717) is 17.8 Å². The van der Waals surface area contributed by atoms with Gasteiger partial charge in [-0.2, -0.15) is 5.10 Å². The Kier molecular flexibility index (Phi) is 9.94. The standard InChI is InChI=1S/C22H26N6O.2ClH/c29-22(25-10-5-13-27-14-11-23-12-15-27)20-17-28(19-7-2-1-3-8-19)26-21(20)18-6-4-9-24-16-18;;/h1-4,6-9,16-17,23H,5,10-15H2,(H,25,29);2*1H. The van der Waals surface area contributed by atoms with Gasteiger partial charge in [0.1, 0.15) is 5.69 Å². The van der Waals surface area contributed by atoms with Crippen LogP contribution in [-0.4, -0.2) is 64.8 Å². The molecule has 31 heavy (non-hydrogen) atoms. The van der Waals surface area contributed by atoms with Crippen molar-refractivity contribution in [1.82, 2.24) is 30.3 Å². The number of hydrogen-bond donors (Lipinski definition) is 2. The number of aromatic nitrogens is 3. The van der Waals surface area contributed by atoms with Gasteiger partial charge in [-0.3, -0.25) is 9.78 Å². The molecule has 0 aliphatic carbocycles. The van der Waals surface area contributed by atoms with Crippen LogP contribution in [0.3, 0.4) is 0 Å². The van der Waals surface area contributed by atoms with Gasteiger partial charge in [0.2, 0.25) is 0 Å². The van der Waals surface area contributed by atoms with Crippen molar-refractivity contribution in [2.45, 2.75) is 6.42 Å². The van der Waals surface area contributed by atoms with E-state index in [-0.39, 0.29) is 30.7 Å². The summed E-state index contributed by atoms with van der Waals surface area (Å²) in [5, 5.41) is 11.1. The number of carbonyl (C=O) groups is 1. The van der Waals surface area contributed by atoms with E-state index in [1.807, 2.05) is 42.5 Å². The Morgan fingerprint density at radius 1 is 1.06 bits per heavy atom. The number of nitrogens with one attached hydrogen (secondary N) is 2. The molecule has 0 spiro atoms. The third kappa shape index (κ3) is 6.51. The van der Waals surface area contributed by atoms with Crippen LogP contribution in [0.5, 0.6) is 0 Å². The molecule has 1 fully saturated rings. The molecule has 3 aromatic rings. The zero-order chi connectivity index (χ0) is 19.9. The van der Waals surface area contributed by atoms with Crippen molar-refractivity contribution in [3.63, 3.8) is 0 Å². The van der Waals surface area contributed by atoms with Crippen molar-refractivity contribution in [2.24, 2.45) is 0 Å². The Morgan fingerprint density at radius 2 is 1.84 bits per heavy atom. The van der Waals surface area contributed by atoms with Crippen LogP contribution in [0.15, 0.2) is 61.1 Å². The highest BCUT2D eigenvalue weighted by Crippen LogP contribution is 2.23. The van der Waals surface area contributed by atoms with E-state index in [1.54, 1.807) is 23.3 Å². The lowest BCUT2D eigenvalue weighted by atomic mass is 10.1. The van der Waals surface area contributed by atoms with Gasteiger partial charge in [0, 0.05) is 56.9 Å². The summed E-state index contributed by atoms with van der Waals surface area (Å²) >= 11 is 0. The van der Waals surface area contributed by atoms with Gasteiger partial charge in [0.05, 0.1) is 11.3 Å². The monoisotopic (exact) mass is 462 g/mol. The van der Waals surface area contributed by atoms with Gasteiger partial charge >= 0.3 is 0 Å². The largest absolute Gasteiger partial charge is 0.352 e. The molecule has 3 heterocycles. The number of amides is 1. The van der Waals surface area contributed by atoms with Crippen LogP contribution in [0.1, 0.15) is 16.8 Å². The number of pyridine rings is 1. The number of para-hydroxylation sites is 1. The summed E-state index contributed by atoms with van der Waals surface area (Å²) in [6, 6.07) is 13.6. The second-order valence-electron chi connectivity index (χ2n) is 7.11. The van der Waals surface area contributed by atoms with E-state index in [2.05, 4.69) is 25.6 Å². The van der Waals surface area contributed by atoms with Crippen LogP contribution >= 0.6 is 24.8 Å². The first-order valence-corrected chi connectivity index (χ1v) is 10.1. The van der Waals surface area contributed by atoms with E-state index < -0.39 is 0 Å². The van der Waals surface area contributed by atoms with Crippen LogP contribution in [0.4, 0.5) is 0 Å². The van der Waals surface area contributed by atoms with E-state index in [9.17, 15) is 4.79 Å². The van der Waals surface area contributed by atoms with Crippen LogP contribution in [0.25, 0.3) is 16.9 Å². The third-order valence-electron chi connectivity index (χ3n) is 5.06. The molecule has 0 radical (unpaired) electrons. The normalized spacial score (nSPS) is 13.7. The van der Waals surface area contributed by atoms with Gasteiger partial charge in [-0.05, 0) is 37.2 Å². The summed E-state index contributed by atoms with van der Waals surface area (Å²) in [6.45, 7) is 5.87. The van der Waals surface area contributed by atoms with Crippen LogP contribution in [-0.2, 0) is 0 Å². The molecule has 0 saturated carbocycles. The Balaban J connectivity index is 0.00000171. The molecule has 0 bridgehead atoms. The van der Waals surface area contributed by atoms with Crippen LogP contribution in [0, 0.1) is 0 Å². The predicted molar refractivity (Wildman–Crippen MR) is 128 cm³/mol. The molecule has 1 saturated heterocycles. The zero-order valence-electron chi connectivity index (χ0n) is 17.2. The lowest BCUT2D eigenvalue weighted by Crippen LogP contribution is -2.44. The fourth-order valence-corrected chi connectivity index (χ4v) is 3.50. The topological polar surface area (TPSA) is 75.1 Å². The molecule has 0 unspecified atom stereocenters. The van der Waals surface area contributed by atoms with Gasteiger partial charge in [0.25, 0.3) is 5.91 Å². The molecule has 7 nitrogen and oxygen atoms in total. The summed E-state index contributed by atoms with van der Waals surface area (Å²) in [6.07, 6.45) is 6.18. The third-order valence-corrected chi connectivity index (χ3v) is 5.06. The fraction of sp³-hybridized carbons (Fsp3) is 0.318. The average Bonchev–Trinajstić information content (AvgIpc) is 3.24. The van der Waals surface area contributed by atoms with E-state index in [4.69, 9.17) is 0 Å². The van der Waals surface area contributed by atoms with Gasteiger partial charge in [0.15, 0.2) is 0 Å². The summed E-state index contributed by atoms with van der Waals surface area (Å²) in [7, 11) is 0. The number of benzene rings is 1. The predicted octanol–water partition coefficient (Wildman–Crippen LogP) is 2.80. The number of carbonyl (C=O) groups excluding carboxylic acids is 1. The van der Waals surface area contributed by atoms with E-state index >= 15 is 0 Å². The quantitative estimate of drug-likeness (QED) is 0.528. The van der Waals surface area contributed by atoms with Crippen molar-refractivity contribution in [2.75, 3.05) is 39.3 Å². The highest BCUT2D eigenvalue weighted by Gasteiger charge is 2.18. The van der Waals surface area contributed by atoms with Crippen molar-refractivity contribution in [3.05, 3.63) is 66.6 Å². The van der Waals surface area contributed by atoms with Crippen molar-refractivity contribution in [1.29, 1.82) is 0 Å². The molecule has 0 atom stereocenters. The van der Waals surface area contributed by atoms with Crippen molar-refractivity contribution >= 4 is 30.7 Å². The summed E-state index contributed by atoms with van der Waals surface area (Å²) in [4.78, 5) is 19.5. The molecule has 2 aromatic heterocycles. The first kappa shape index (κ1) is 24.8. The lowest BCUT2D eigenvalue weighted by Gasteiger charge is -2.27. The van der Waals surface area contributed by atoms with Crippen molar-refractivity contribution < 1.29 is 4.79 Å². The second-order valence-corrected chi connectivity index (χ2v) is 7.11. The molecule has 1 aromatic carbocycles. The maximum absolute atomic E-state index is 12.9. The number of rotatable bonds is 7. The first-order chi connectivity index (χ1) is 14.3. The maximum Gasteiger partial charge on any atom is 0.255 e. The molecule has 9 heteroatoms. The average molecular weight is 463 g/mol. The smallest absolute Gasteiger partial charge is 0.255 e. The fourth-order valence-electron chi connectivity index (χ4n) is 3.50. The molecule has 4 rings (SSSR count). The van der Waals surface area contributed by atoms with Gasteiger partial charge in [-0.15, -0.1) is 24.8 Å². The van der Waals surface area contributed by atoms with Crippen LogP contribution < -0.4 is 10.6 Å². The Labute approximate surface area is 195 Å². The highest BCUT2D eigenvalue weighted by atomic mass is 35.5. The number of nitrogens with zero attached hydrogens (tertiary/aromatic N) is 4. The van der Waals surface area contributed by atoms with Gasteiger partial charge in [-0.25, -0.2) is 4.68 Å². The second kappa shape index (κ2) is 12.4. The summed E-state index contributed by atoms with van der Waals surface area (Å²) in [5.41, 5.74) is 2.94. The SMILES string of the molecule is Cl.Cl.O=C(NCCCN1CCNCC1)c1cn(-c2ccccc2)nc1-c1cccnc1. The Hall–Kier alpha value is -2.45. The van der Waals surface area contributed by atoms with E-state index in [0.717, 1.165) is 50.4 Å². The highest BCUT2D eigenvalue weighted by molar-refractivity contribution is 5.99. The molecule has 2 N–H and O–H groups in total. The Morgan fingerprint density at radius 3 is 2.55 bits per heavy atom. The van der Waals surface area contributed by atoms with Crippen LogP contribution in [0.2, 0.25) is 0 Å². The minimum atomic E-state index is -0.105. The molecule has 1 aliphatic rings. The number of piperazine rings is 1. The van der Waals surface area contributed by atoms with Gasteiger partial charge in [-0.1, -0.05) is 18.2 Å². The first-order valence-electron chi connectivity index (χ1n) is 10.1. The molecule has 1 amide bonds.